The van der Waals surface area contributed by atoms with Crippen LogP contribution in [0.15, 0.2) is 0 Å². The van der Waals surface area contributed by atoms with Gasteiger partial charge >= 0.3 is 0 Å². The molecule has 0 aromatic carbocycles. The zero-order valence-corrected chi connectivity index (χ0v) is 12.1. The van der Waals surface area contributed by atoms with Crippen molar-refractivity contribution in [1.82, 2.24) is 4.90 Å². The zero-order valence-electron chi connectivity index (χ0n) is 12.1. The monoisotopic (exact) mass is 241 g/mol. The van der Waals surface area contributed by atoms with E-state index in [0.29, 0.717) is 5.91 Å². The van der Waals surface area contributed by atoms with Crippen molar-refractivity contribution in [3.8, 4) is 0 Å². The van der Waals surface area contributed by atoms with Gasteiger partial charge in [-0.05, 0) is 20.3 Å². The summed E-state index contributed by atoms with van der Waals surface area (Å²) >= 11 is 0. The van der Waals surface area contributed by atoms with E-state index in [1.54, 1.807) is 0 Å². The van der Waals surface area contributed by atoms with E-state index in [2.05, 4.69) is 20.8 Å². The molecule has 0 heterocycles. The molecular weight excluding hydrogens is 210 g/mol. The minimum atomic E-state index is 0.334. The molecular formula is C15H31NO. The smallest absolute Gasteiger partial charge is 0.222 e. The topological polar surface area (TPSA) is 20.3 Å². The van der Waals surface area contributed by atoms with E-state index in [-0.39, 0.29) is 0 Å². The lowest BCUT2D eigenvalue weighted by Gasteiger charge is -2.18. The van der Waals surface area contributed by atoms with Crippen LogP contribution in [-0.2, 0) is 4.79 Å². The van der Waals surface area contributed by atoms with Crippen LogP contribution in [0.3, 0.4) is 0 Å². The summed E-state index contributed by atoms with van der Waals surface area (Å²) in [6.45, 7) is 8.06. The fourth-order valence-corrected chi connectivity index (χ4v) is 2.14. The van der Waals surface area contributed by atoms with Gasteiger partial charge in [-0.25, -0.2) is 0 Å². The first-order valence-electron chi connectivity index (χ1n) is 7.54. The van der Waals surface area contributed by atoms with Crippen LogP contribution in [0, 0.1) is 0 Å². The van der Waals surface area contributed by atoms with Crippen molar-refractivity contribution in [2.75, 3.05) is 13.1 Å². The third-order valence-corrected chi connectivity index (χ3v) is 3.36. The Morgan fingerprint density at radius 3 is 1.71 bits per heavy atom. The molecule has 0 fully saturated rings. The highest BCUT2D eigenvalue weighted by atomic mass is 16.2. The van der Waals surface area contributed by atoms with Gasteiger partial charge in [0.15, 0.2) is 0 Å². The van der Waals surface area contributed by atoms with Gasteiger partial charge in [-0.1, -0.05) is 51.9 Å². The maximum absolute atomic E-state index is 11.7. The molecule has 0 aliphatic carbocycles. The van der Waals surface area contributed by atoms with Crippen LogP contribution in [0.1, 0.15) is 78.6 Å². The molecule has 2 heteroatoms. The molecule has 0 rings (SSSR count). The predicted octanol–water partition coefficient (Wildman–Crippen LogP) is 4.39. The number of unbranched alkanes of at least 4 members (excludes halogenated alkanes) is 7. The Bertz CT molecular complexity index is 176. The molecule has 0 aromatic heterocycles. The van der Waals surface area contributed by atoms with Gasteiger partial charge in [0, 0.05) is 19.5 Å². The minimum Gasteiger partial charge on any atom is -0.343 e. The van der Waals surface area contributed by atoms with Crippen LogP contribution >= 0.6 is 0 Å². The van der Waals surface area contributed by atoms with E-state index in [4.69, 9.17) is 0 Å². The van der Waals surface area contributed by atoms with E-state index in [9.17, 15) is 4.79 Å². The minimum absolute atomic E-state index is 0.334. The molecule has 2 nitrogen and oxygen atoms in total. The number of rotatable bonds is 11. The third kappa shape index (κ3) is 9.20. The first-order chi connectivity index (χ1) is 8.26. The number of carbonyl (C=O) groups is 1. The standard InChI is InChI=1S/C15H31NO/c1-4-7-8-9-10-11-12-13-14-15(17)16(5-2)6-3/h4-14H2,1-3H3. The van der Waals surface area contributed by atoms with Crippen molar-refractivity contribution < 1.29 is 4.79 Å². The number of amides is 1. The molecule has 0 aromatic rings. The second-order valence-electron chi connectivity index (χ2n) is 4.79. The summed E-state index contributed by atoms with van der Waals surface area (Å²) in [6.07, 6.45) is 11.1. The van der Waals surface area contributed by atoms with E-state index in [1.165, 1.54) is 44.9 Å². The summed E-state index contributed by atoms with van der Waals surface area (Å²) in [4.78, 5) is 13.6. The van der Waals surface area contributed by atoms with Crippen molar-refractivity contribution >= 4 is 5.91 Å². The molecule has 0 spiro atoms. The Morgan fingerprint density at radius 1 is 0.765 bits per heavy atom. The van der Waals surface area contributed by atoms with Gasteiger partial charge < -0.3 is 4.90 Å². The fraction of sp³-hybridized carbons (Fsp3) is 0.933. The molecule has 0 saturated heterocycles. The molecule has 0 aliphatic heterocycles. The van der Waals surface area contributed by atoms with Crippen LogP contribution in [-0.4, -0.2) is 23.9 Å². The highest BCUT2D eigenvalue weighted by molar-refractivity contribution is 5.75. The Labute approximate surface area is 108 Å². The van der Waals surface area contributed by atoms with Gasteiger partial charge in [0.1, 0.15) is 0 Å². The van der Waals surface area contributed by atoms with E-state index in [1.807, 2.05) is 4.90 Å². The quantitative estimate of drug-likeness (QED) is 0.491. The van der Waals surface area contributed by atoms with E-state index < -0.39 is 0 Å². The van der Waals surface area contributed by atoms with Gasteiger partial charge in [0.2, 0.25) is 5.91 Å². The number of hydrogen-bond acceptors (Lipinski definition) is 1. The molecule has 0 saturated carbocycles. The summed E-state index contributed by atoms with van der Waals surface area (Å²) in [5.41, 5.74) is 0. The van der Waals surface area contributed by atoms with Crippen molar-refractivity contribution in [1.29, 1.82) is 0 Å². The first-order valence-corrected chi connectivity index (χ1v) is 7.54. The number of nitrogens with zero attached hydrogens (tertiary/aromatic N) is 1. The summed E-state index contributed by atoms with van der Waals surface area (Å²) in [7, 11) is 0. The first kappa shape index (κ1) is 16.5. The fourth-order valence-electron chi connectivity index (χ4n) is 2.14. The molecule has 0 N–H and O–H groups in total. The predicted molar refractivity (Wildman–Crippen MR) is 75.2 cm³/mol. The van der Waals surface area contributed by atoms with Crippen LogP contribution in [0.25, 0.3) is 0 Å². The molecule has 102 valence electrons. The lowest BCUT2D eigenvalue weighted by Crippen LogP contribution is -2.30. The second kappa shape index (κ2) is 11.9. The highest BCUT2D eigenvalue weighted by Gasteiger charge is 2.07. The maximum atomic E-state index is 11.7. The van der Waals surface area contributed by atoms with Gasteiger partial charge in [0.25, 0.3) is 0 Å². The Kier molecular flexibility index (Phi) is 11.6. The SMILES string of the molecule is CCCCCCCCCCC(=O)N(CC)CC. The summed E-state index contributed by atoms with van der Waals surface area (Å²) in [6, 6.07) is 0. The Hall–Kier alpha value is -0.530. The summed E-state index contributed by atoms with van der Waals surface area (Å²) < 4.78 is 0. The van der Waals surface area contributed by atoms with Crippen molar-refractivity contribution in [2.24, 2.45) is 0 Å². The third-order valence-electron chi connectivity index (χ3n) is 3.36. The van der Waals surface area contributed by atoms with E-state index in [0.717, 1.165) is 25.9 Å². The average molecular weight is 241 g/mol. The summed E-state index contributed by atoms with van der Waals surface area (Å²) in [5.74, 6) is 0.334. The zero-order chi connectivity index (χ0) is 12.9. The van der Waals surface area contributed by atoms with Crippen LogP contribution in [0.5, 0.6) is 0 Å². The Balaban J connectivity index is 3.30. The number of hydrogen-bond donors (Lipinski definition) is 0. The molecule has 0 radical (unpaired) electrons. The van der Waals surface area contributed by atoms with Crippen LogP contribution in [0.2, 0.25) is 0 Å². The average Bonchev–Trinajstić information content (AvgIpc) is 2.34. The Morgan fingerprint density at radius 2 is 1.24 bits per heavy atom. The maximum Gasteiger partial charge on any atom is 0.222 e. The number of carbonyl (C=O) groups excluding carboxylic acids is 1. The van der Waals surface area contributed by atoms with Crippen LogP contribution in [0.4, 0.5) is 0 Å². The van der Waals surface area contributed by atoms with Crippen molar-refractivity contribution in [3.63, 3.8) is 0 Å². The molecule has 17 heavy (non-hydrogen) atoms. The van der Waals surface area contributed by atoms with Crippen LogP contribution < -0.4 is 0 Å². The summed E-state index contributed by atoms with van der Waals surface area (Å²) in [5, 5.41) is 0. The van der Waals surface area contributed by atoms with Crippen molar-refractivity contribution in [3.05, 3.63) is 0 Å². The van der Waals surface area contributed by atoms with Gasteiger partial charge in [-0.2, -0.15) is 0 Å². The van der Waals surface area contributed by atoms with Gasteiger partial charge in [-0.3, -0.25) is 4.79 Å². The lowest BCUT2D eigenvalue weighted by molar-refractivity contribution is -0.130. The van der Waals surface area contributed by atoms with Gasteiger partial charge in [0.05, 0.1) is 0 Å². The lowest BCUT2D eigenvalue weighted by atomic mass is 10.1. The second-order valence-corrected chi connectivity index (χ2v) is 4.79. The van der Waals surface area contributed by atoms with E-state index >= 15 is 0 Å². The molecule has 0 unspecified atom stereocenters. The normalized spacial score (nSPS) is 10.5. The molecule has 0 atom stereocenters. The van der Waals surface area contributed by atoms with Gasteiger partial charge in [-0.15, -0.1) is 0 Å². The molecule has 0 bridgehead atoms. The molecule has 0 aliphatic rings. The highest BCUT2D eigenvalue weighted by Crippen LogP contribution is 2.10. The van der Waals surface area contributed by atoms with Crippen molar-refractivity contribution in [2.45, 2.75) is 78.6 Å². The largest absolute Gasteiger partial charge is 0.343 e. The molecule has 1 amide bonds.